The standard InChI is InChI=1S/C13H14BNO5/c1-15-7-12(17)19-14(20-13(18)8-15)11(9-16)10-5-3-2-4-6-10/h2-6,9,11H,7-8H2,1H3/i9D. The third-order valence-corrected chi connectivity index (χ3v) is 2.85. The maximum Gasteiger partial charge on any atom is 0.614 e. The lowest BCUT2D eigenvalue weighted by atomic mass is 9.68. The highest BCUT2D eigenvalue weighted by atomic mass is 16.6. The molecule has 20 heavy (non-hydrogen) atoms. The lowest BCUT2D eigenvalue weighted by Gasteiger charge is -2.24. The minimum absolute atomic E-state index is 0.0840. The highest BCUT2D eigenvalue weighted by Gasteiger charge is 2.40. The van der Waals surface area contributed by atoms with E-state index in [9.17, 15) is 14.4 Å². The summed E-state index contributed by atoms with van der Waals surface area (Å²) in [7, 11) is 0.166. The molecule has 0 N–H and O–H groups in total. The van der Waals surface area contributed by atoms with E-state index in [1.54, 1.807) is 37.4 Å². The predicted molar refractivity (Wildman–Crippen MR) is 70.7 cm³/mol. The number of nitrogens with zero attached hydrogens (tertiary/aromatic N) is 1. The highest BCUT2D eigenvalue weighted by molar-refractivity contribution is 6.54. The van der Waals surface area contributed by atoms with Crippen LogP contribution in [0.2, 0.25) is 0 Å². The van der Waals surface area contributed by atoms with Crippen molar-refractivity contribution in [2.75, 3.05) is 20.1 Å². The van der Waals surface area contributed by atoms with Gasteiger partial charge in [0.2, 0.25) is 0 Å². The molecule has 1 aliphatic heterocycles. The first-order valence-corrected chi connectivity index (χ1v) is 6.10. The van der Waals surface area contributed by atoms with Crippen LogP contribution in [0, 0.1) is 0 Å². The van der Waals surface area contributed by atoms with Gasteiger partial charge in [0, 0.05) is 0 Å². The number of benzene rings is 1. The second kappa shape index (κ2) is 6.34. The summed E-state index contributed by atoms with van der Waals surface area (Å²) in [6.45, 7) is -0.168. The Morgan fingerprint density at radius 2 is 1.80 bits per heavy atom. The number of likely N-dealkylation sites (N-methyl/N-ethyl adjacent to an activating group) is 1. The fourth-order valence-electron chi connectivity index (χ4n) is 1.93. The van der Waals surface area contributed by atoms with Gasteiger partial charge in [0.1, 0.15) is 13.5 Å². The third kappa shape index (κ3) is 3.45. The molecule has 1 unspecified atom stereocenters. The second-order valence-electron chi connectivity index (χ2n) is 4.53. The van der Waals surface area contributed by atoms with Crippen molar-refractivity contribution in [3.63, 3.8) is 0 Å². The van der Waals surface area contributed by atoms with Gasteiger partial charge in [0.25, 0.3) is 0 Å². The molecule has 0 saturated carbocycles. The van der Waals surface area contributed by atoms with Crippen molar-refractivity contribution in [1.29, 1.82) is 0 Å². The van der Waals surface area contributed by atoms with Crippen LogP contribution in [-0.2, 0) is 23.7 Å². The molecule has 1 saturated heterocycles. The first kappa shape index (κ1) is 12.9. The van der Waals surface area contributed by atoms with Crippen molar-refractivity contribution in [2.24, 2.45) is 0 Å². The van der Waals surface area contributed by atoms with Gasteiger partial charge in [-0.05, 0) is 12.6 Å². The van der Waals surface area contributed by atoms with E-state index in [0.717, 1.165) is 0 Å². The van der Waals surface area contributed by atoms with Crippen molar-refractivity contribution >= 4 is 25.3 Å². The number of hydrogen-bond acceptors (Lipinski definition) is 6. The van der Waals surface area contributed by atoms with Crippen molar-refractivity contribution in [1.82, 2.24) is 4.90 Å². The van der Waals surface area contributed by atoms with Crippen molar-refractivity contribution in [3.05, 3.63) is 35.9 Å². The smallest absolute Gasteiger partial charge is 0.498 e. The Labute approximate surface area is 118 Å². The van der Waals surface area contributed by atoms with Crippen molar-refractivity contribution in [2.45, 2.75) is 5.82 Å². The van der Waals surface area contributed by atoms with Gasteiger partial charge in [0.15, 0.2) is 0 Å². The van der Waals surface area contributed by atoms with Crippen LogP contribution in [0.15, 0.2) is 30.3 Å². The number of carbonyl (C=O) groups excluding carboxylic acids is 3. The fourth-order valence-corrected chi connectivity index (χ4v) is 1.93. The zero-order valence-corrected chi connectivity index (χ0v) is 10.9. The molecular weight excluding hydrogens is 261 g/mol. The molecule has 1 fully saturated rings. The molecule has 1 heterocycles. The molecule has 0 radical (unpaired) electrons. The molecule has 1 atom stereocenters. The minimum atomic E-state index is -1.41. The van der Waals surface area contributed by atoms with Crippen LogP contribution < -0.4 is 0 Å². The van der Waals surface area contributed by atoms with Gasteiger partial charge in [-0.25, -0.2) is 0 Å². The summed E-state index contributed by atoms with van der Waals surface area (Å²) in [4.78, 5) is 36.4. The monoisotopic (exact) mass is 276 g/mol. The fraction of sp³-hybridized carbons (Fsp3) is 0.308. The highest BCUT2D eigenvalue weighted by Crippen LogP contribution is 2.19. The normalized spacial score (nSPS) is 19.2. The summed E-state index contributed by atoms with van der Waals surface area (Å²) in [5.74, 6) is -2.38. The van der Waals surface area contributed by atoms with Crippen LogP contribution in [0.3, 0.4) is 0 Å². The number of aldehydes is 1. The molecule has 0 spiro atoms. The van der Waals surface area contributed by atoms with Crippen LogP contribution in [0.5, 0.6) is 0 Å². The molecule has 7 heteroatoms. The minimum Gasteiger partial charge on any atom is -0.498 e. The summed E-state index contributed by atoms with van der Waals surface area (Å²) >= 11 is 0. The zero-order valence-electron chi connectivity index (χ0n) is 11.9. The van der Waals surface area contributed by atoms with Gasteiger partial charge in [-0.1, -0.05) is 30.3 Å². The molecule has 1 aromatic rings. The van der Waals surface area contributed by atoms with E-state index < -0.39 is 31.1 Å². The maximum absolute atomic E-state index is 11.7. The van der Waals surface area contributed by atoms with Gasteiger partial charge in [-0.2, -0.15) is 0 Å². The van der Waals surface area contributed by atoms with E-state index >= 15 is 0 Å². The predicted octanol–water partition coefficient (Wildman–Crippen LogP) is 0.0283. The van der Waals surface area contributed by atoms with E-state index in [0.29, 0.717) is 5.56 Å². The van der Waals surface area contributed by atoms with E-state index in [1.165, 1.54) is 4.90 Å². The zero-order chi connectivity index (χ0) is 15.4. The molecule has 1 aromatic carbocycles. The van der Waals surface area contributed by atoms with Crippen LogP contribution in [0.4, 0.5) is 0 Å². The molecule has 0 aliphatic carbocycles. The maximum atomic E-state index is 11.7. The van der Waals surface area contributed by atoms with E-state index in [2.05, 4.69) is 0 Å². The molecule has 2 rings (SSSR count). The van der Waals surface area contributed by atoms with Crippen LogP contribution in [0.1, 0.15) is 12.8 Å². The van der Waals surface area contributed by atoms with Crippen LogP contribution >= 0.6 is 0 Å². The van der Waals surface area contributed by atoms with Gasteiger partial charge in [-0.3, -0.25) is 14.5 Å². The molecule has 0 aromatic heterocycles. The van der Waals surface area contributed by atoms with Gasteiger partial charge in [0.05, 0.1) is 13.1 Å². The number of rotatable bonds is 3. The Bertz CT molecular complexity index is 533. The van der Waals surface area contributed by atoms with Crippen molar-refractivity contribution in [3.8, 4) is 0 Å². The van der Waals surface area contributed by atoms with E-state index in [1.807, 2.05) is 0 Å². The topological polar surface area (TPSA) is 72.9 Å². The Kier molecular flexibility index (Phi) is 4.08. The average molecular weight is 276 g/mol. The van der Waals surface area contributed by atoms with Gasteiger partial charge >= 0.3 is 19.1 Å². The summed E-state index contributed by atoms with van der Waals surface area (Å²) in [6.07, 6.45) is -0.985. The summed E-state index contributed by atoms with van der Waals surface area (Å²) < 4.78 is 17.5. The first-order chi connectivity index (χ1) is 9.97. The first-order valence-electron chi connectivity index (χ1n) is 6.60. The second-order valence-corrected chi connectivity index (χ2v) is 4.53. The van der Waals surface area contributed by atoms with Crippen LogP contribution in [0.25, 0.3) is 0 Å². The summed E-state index contributed by atoms with van der Waals surface area (Å²) in [5.41, 5.74) is 0.456. The Hall–Kier alpha value is -2.15. The lowest BCUT2D eigenvalue weighted by Crippen LogP contribution is -2.45. The van der Waals surface area contributed by atoms with Crippen molar-refractivity contribution < 1.29 is 25.1 Å². The lowest BCUT2D eigenvalue weighted by molar-refractivity contribution is -0.145. The molecule has 0 amide bonds. The quantitative estimate of drug-likeness (QED) is 0.573. The molecule has 6 nitrogen and oxygen atoms in total. The number of hydrogen-bond donors (Lipinski definition) is 0. The Morgan fingerprint density at radius 1 is 1.25 bits per heavy atom. The summed E-state index contributed by atoms with van der Waals surface area (Å²) in [6, 6.07) is 8.35. The van der Waals surface area contributed by atoms with E-state index in [4.69, 9.17) is 10.7 Å². The van der Waals surface area contributed by atoms with E-state index in [-0.39, 0.29) is 13.1 Å². The molecule has 0 bridgehead atoms. The van der Waals surface area contributed by atoms with Crippen LogP contribution in [-0.4, -0.2) is 50.4 Å². The molecular formula is C13H14BNO5. The average Bonchev–Trinajstić information content (AvgIpc) is 2.37. The Morgan fingerprint density at radius 3 is 2.30 bits per heavy atom. The largest absolute Gasteiger partial charge is 0.614 e. The van der Waals surface area contributed by atoms with Gasteiger partial charge in [-0.15, -0.1) is 0 Å². The number of carbonyl (C=O) groups is 3. The Balaban J connectivity index is 2.28. The third-order valence-electron chi connectivity index (χ3n) is 2.85. The SMILES string of the molecule is [2H]C(=O)C(B1OC(=O)CN(C)CC(=O)O1)c1ccccc1. The summed E-state index contributed by atoms with van der Waals surface area (Å²) in [5, 5.41) is 0. The molecule has 104 valence electrons. The molecule has 1 aliphatic rings. The van der Waals surface area contributed by atoms with Gasteiger partial charge < -0.3 is 14.1 Å².